The van der Waals surface area contributed by atoms with Crippen molar-refractivity contribution in [1.82, 2.24) is 9.80 Å². The lowest BCUT2D eigenvalue weighted by Crippen LogP contribution is -2.64. The molecule has 4 bridgehead atoms. The maximum atomic E-state index is 12.8. The molecule has 6 rings (SSSR count). The van der Waals surface area contributed by atoms with Gasteiger partial charge in [-0.25, -0.2) is 0 Å². The summed E-state index contributed by atoms with van der Waals surface area (Å²) in [6, 6.07) is 2.46. The minimum absolute atomic E-state index is 0.209. The first-order valence-corrected chi connectivity index (χ1v) is 11.3. The number of halogens is 3. The Bertz CT molecular complexity index is 791. The van der Waals surface area contributed by atoms with Crippen LogP contribution in [0.2, 0.25) is 0 Å². The third-order valence-electron chi connectivity index (χ3n) is 7.54. The van der Waals surface area contributed by atoms with Gasteiger partial charge in [0.15, 0.2) is 0 Å². The summed E-state index contributed by atoms with van der Waals surface area (Å²) < 4.78 is 37.8. The zero-order chi connectivity index (χ0) is 20.4. The number of carbonyl (C=O) groups excluding carboxylic acids is 2. The topological polar surface area (TPSA) is 40.6 Å². The standard InChI is InChI=1S/C21H25F3N2O2S/c22-21(23,24)18(27)16-1-2-17(29-16)19(28)25-3-5-26(6-4-25)20-10-13-7-14(11-20)9-15(8-13)12-20/h1-2,13-15H,3-12H2. The second kappa shape index (κ2) is 6.80. The Morgan fingerprint density at radius 2 is 1.41 bits per heavy atom. The number of Topliss-reactive ketones (excluding diaryl/α,β-unsaturated/α-hetero) is 1. The molecule has 4 aliphatic carbocycles. The predicted octanol–water partition coefficient (Wildman–Crippen LogP) is 4.22. The Hall–Kier alpha value is -1.41. The van der Waals surface area contributed by atoms with E-state index in [1.807, 2.05) is 0 Å². The molecule has 4 nitrogen and oxygen atoms in total. The van der Waals surface area contributed by atoms with Crippen LogP contribution < -0.4 is 0 Å². The van der Waals surface area contributed by atoms with Crippen molar-refractivity contribution in [2.45, 2.75) is 50.2 Å². The fourth-order valence-electron chi connectivity index (χ4n) is 6.71. The smallest absolute Gasteiger partial charge is 0.335 e. The maximum absolute atomic E-state index is 12.8. The number of rotatable bonds is 3. The second-order valence-electron chi connectivity index (χ2n) is 9.41. The van der Waals surface area contributed by atoms with Gasteiger partial charge in [0.2, 0.25) is 0 Å². The molecular formula is C21H25F3N2O2S. The molecule has 1 aromatic heterocycles. The molecule has 1 saturated heterocycles. The Kier molecular flexibility index (Phi) is 4.59. The third-order valence-corrected chi connectivity index (χ3v) is 8.61. The Balaban J connectivity index is 1.23. The average molecular weight is 427 g/mol. The van der Waals surface area contributed by atoms with Gasteiger partial charge in [0.05, 0.1) is 9.75 Å². The van der Waals surface area contributed by atoms with Gasteiger partial charge in [0, 0.05) is 31.7 Å². The summed E-state index contributed by atoms with van der Waals surface area (Å²) in [7, 11) is 0. The van der Waals surface area contributed by atoms with Crippen molar-refractivity contribution in [3.05, 3.63) is 21.9 Å². The van der Waals surface area contributed by atoms with Crippen LogP contribution in [0.25, 0.3) is 0 Å². The summed E-state index contributed by atoms with van der Waals surface area (Å²) in [6.45, 7) is 2.86. The highest BCUT2D eigenvalue weighted by atomic mass is 32.1. The summed E-state index contributed by atoms with van der Waals surface area (Å²) in [5.41, 5.74) is 0.319. The molecule has 29 heavy (non-hydrogen) atoms. The lowest BCUT2D eigenvalue weighted by molar-refractivity contribution is -0.0987. The van der Waals surface area contributed by atoms with Crippen LogP contribution in [-0.2, 0) is 0 Å². The zero-order valence-corrected chi connectivity index (χ0v) is 17.0. The normalized spacial score (nSPS) is 34.6. The lowest BCUT2D eigenvalue weighted by Gasteiger charge is -2.61. The molecule has 2 heterocycles. The number of ketones is 1. The molecule has 5 fully saturated rings. The summed E-state index contributed by atoms with van der Waals surface area (Å²) >= 11 is 0.643. The predicted molar refractivity (Wildman–Crippen MR) is 103 cm³/mol. The quantitative estimate of drug-likeness (QED) is 0.680. The summed E-state index contributed by atoms with van der Waals surface area (Å²) in [4.78, 5) is 28.3. The van der Waals surface area contributed by atoms with E-state index in [1.165, 1.54) is 44.6 Å². The van der Waals surface area contributed by atoms with Crippen molar-refractivity contribution >= 4 is 23.0 Å². The Labute approximate surface area is 172 Å². The molecule has 0 atom stereocenters. The highest BCUT2D eigenvalue weighted by Gasteiger charge is 2.53. The van der Waals surface area contributed by atoms with Crippen molar-refractivity contribution < 1.29 is 22.8 Å². The number of alkyl halides is 3. The molecule has 158 valence electrons. The summed E-state index contributed by atoms with van der Waals surface area (Å²) in [5.74, 6) is 0.472. The molecule has 0 N–H and O–H groups in total. The van der Waals surface area contributed by atoms with Gasteiger partial charge < -0.3 is 4.90 Å². The molecule has 8 heteroatoms. The second-order valence-corrected chi connectivity index (χ2v) is 10.5. The first-order valence-electron chi connectivity index (χ1n) is 10.5. The van der Waals surface area contributed by atoms with Crippen molar-refractivity contribution in [3.63, 3.8) is 0 Å². The van der Waals surface area contributed by atoms with Crippen LogP contribution in [0.3, 0.4) is 0 Å². The zero-order valence-electron chi connectivity index (χ0n) is 16.2. The first-order chi connectivity index (χ1) is 13.7. The molecule has 0 spiro atoms. The molecule has 1 amide bonds. The van der Waals surface area contributed by atoms with Crippen LogP contribution in [0.1, 0.15) is 57.9 Å². The molecular weight excluding hydrogens is 401 g/mol. The van der Waals surface area contributed by atoms with Gasteiger partial charge in [-0.2, -0.15) is 13.2 Å². The maximum Gasteiger partial charge on any atom is 0.455 e. The van der Waals surface area contributed by atoms with Gasteiger partial charge in [-0.1, -0.05) is 0 Å². The van der Waals surface area contributed by atoms with Crippen molar-refractivity contribution in [2.24, 2.45) is 17.8 Å². The number of amides is 1. The molecule has 1 aliphatic heterocycles. The Morgan fingerprint density at radius 3 is 1.93 bits per heavy atom. The van der Waals surface area contributed by atoms with Gasteiger partial charge >= 0.3 is 6.18 Å². The fraction of sp³-hybridized carbons (Fsp3) is 0.714. The van der Waals surface area contributed by atoms with E-state index in [-0.39, 0.29) is 10.8 Å². The van der Waals surface area contributed by atoms with Crippen LogP contribution in [-0.4, -0.2) is 59.4 Å². The lowest BCUT2D eigenvalue weighted by atomic mass is 9.52. The van der Waals surface area contributed by atoms with E-state index in [2.05, 4.69) is 4.90 Å². The summed E-state index contributed by atoms with van der Waals surface area (Å²) in [6.07, 6.45) is 3.16. The number of nitrogens with zero attached hydrogens (tertiary/aromatic N) is 2. The van der Waals surface area contributed by atoms with Crippen LogP contribution >= 0.6 is 11.3 Å². The molecule has 5 aliphatic rings. The van der Waals surface area contributed by atoms with Crippen molar-refractivity contribution in [3.8, 4) is 0 Å². The SMILES string of the molecule is O=C(c1ccc(C(=O)C(F)(F)F)s1)N1CCN(C23CC4CC(CC(C4)C2)C3)CC1. The molecule has 0 unspecified atom stereocenters. The molecule has 4 saturated carbocycles. The third kappa shape index (κ3) is 3.42. The van der Waals surface area contributed by atoms with Gasteiger partial charge in [-0.3, -0.25) is 14.5 Å². The number of piperazine rings is 1. The minimum atomic E-state index is -4.91. The number of hydrogen-bond acceptors (Lipinski definition) is 4. The largest absolute Gasteiger partial charge is 0.455 e. The number of hydrogen-bond donors (Lipinski definition) is 0. The van der Waals surface area contributed by atoms with E-state index in [1.54, 1.807) is 4.90 Å². The van der Waals surface area contributed by atoms with Gasteiger partial charge in [0.1, 0.15) is 0 Å². The van der Waals surface area contributed by atoms with Crippen LogP contribution in [0, 0.1) is 17.8 Å². The highest BCUT2D eigenvalue weighted by Crippen LogP contribution is 2.57. The van der Waals surface area contributed by atoms with E-state index in [0.29, 0.717) is 30.0 Å². The van der Waals surface area contributed by atoms with Gasteiger partial charge in [-0.05, 0) is 68.4 Å². The van der Waals surface area contributed by atoms with E-state index < -0.39 is 16.8 Å². The van der Waals surface area contributed by atoms with Crippen molar-refractivity contribution in [2.75, 3.05) is 26.2 Å². The number of thiophene rings is 1. The van der Waals surface area contributed by atoms with Crippen molar-refractivity contribution in [1.29, 1.82) is 0 Å². The molecule has 0 radical (unpaired) electrons. The van der Waals surface area contributed by atoms with Gasteiger partial charge in [0.25, 0.3) is 11.7 Å². The van der Waals surface area contributed by atoms with E-state index >= 15 is 0 Å². The van der Waals surface area contributed by atoms with Crippen LogP contribution in [0.4, 0.5) is 13.2 Å². The fourth-order valence-corrected chi connectivity index (χ4v) is 7.64. The summed E-state index contributed by atoms with van der Waals surface area (Å²) in [5, 5.41) is 0. The monoisotopic (exact) mass is 426 g/mol. The highest BCUT2D eigenvalue weighted by molar-refractivity contribution is 7.16. The van der Waals surface area contributed by atoms with E-state index in [4.69, 9.17) is 0 Å². The Morgan fingerprint density at radius 1 is 0.897 bits per heavy atom. The first kappa shape index (κ1) is 19.5. The number of carbonyl (C=O) groups is 2. The molecule has 0 aromatic carbocycles. The van der Waals surface area contributed by atoms with Crippen LogP contribution in [0.15, 0.2) is 12.1 Å². The van der Waals surface area contributed by atoms with E-state index in [0.717, 1.165) is 36.9 Å². The average Bonchev–Trinajstić information content (AvgIpc) is 3.15. The minimum Gasteiger partial charge on any atom is -0.335 e. The van der Waals surface area contributed by atoms with Gasteiger partial charge in [-0.15, -0.1) is 11.3 Å². The van der Waals surface area contributed by atoms with E-state index in [9.17, 15) is 22.8 Å². The molecule has 1 aromatic rings. The van der Waals surface area contributed by atoms with Crippen LogP contribution in [0.5, 0.6) is 0 Å².